The number of aliphatic hydroxyl groups is 1. The number of carbonyl (C=O) groups is 1. The smallest absolute Gasteiger partial charge is 0.294 e. The Kier molecular flexibility index (Phi) is 4.48. The van der Waals surface area contributed by atoms with Crippen LogP contribution in [0.25, 0.3) is 0 Å². The number of nitrogens with two attached hydrogens (primary N) is 1. The van der Waals surface area contributed by atoms with Crippen molar-refractivity contribution in [3.63, 3.8) is 0 Å². The third-order valence-corrected chi connectivity index (χ3v) is 4.29. The average Bonchev–Trinajstić information content (AvgIpc) is 2.82. The molecule has 3 N–H and O–H groups in total. The maximum Gasteiger partial charge on any atom is 0.294 e. The number of aliphatic hydroxyl groups excluding tert-OH is 1. The molecule has 3 rings (SSSR count). The van der Waals surface area contributed by atoms with E-state index in [4.69, 9.17) is 10.8 Å². The molecule has 0 saturated heterocycles. The van der Waals surface area contributed by atoms with E-state index >= 15 is 0 Å². The minimum absolute atomic E-state index is 0.0356. The van der Waals surface area contributed by atoms with Crippen LogP contribution < -0.4 is 11.3 Å². The molecule has 0 aromatic carbocycles. The number of aliphatic imine (C=N–C) groups is 2. The Bertz CT molecular complexity index is 826. The third-order valence-electron chi connectivity index (χ3n) is 4.29. The fourth-order valence-corrected chi connectivity index (χ4v) is 2.98. The highest BCUT2D eigenvalue weighted by atomic mass is 16.3. The Labute approximate surface area is 139 Å². The Balaban J connectivity index is 2.10. The number of nitrogen functional groups attached to an aromatic ring is 1. The van der Waals surface area contributed by atoms with Crippen LogP contribution in [0.2, 0.25) is 0 Å². The molecule has 0 unspecified atom stereocenters. The summed E-state index contributed by atoms with van der Waals surface area (Å²) in [5, 5.41) is 8.97. The molecule has 0 amide bonds. The Morgan fingerprint density at radius 1 is 1.25 bits per heavy atom. The van der Waals surface area contributed by atoms with E-state index in [-0.39, 0.29) is 36.6 Å². The SMILES string of the molecule is CC1=CC(=Nc2c(N)n3n(c2=O)CCCC3)C(=NCCO)CC1=O. The Hall–Kier alpha value is -2.48. The first-order valence-corrected chi connectivity index (χ1v) is 8.06. The van der Waals surface area contributed by atoms with Gasteiger partial charge in [-0.2, -0.15) is 0 Å². The van der Waals surface area contributed by atoms with Crippen LogP contribution in [0.15, 0.2) is 26.4 Å². The van der Waals surface area contributed by atoms with Gasteiger partial charge in [-0.25, -0.2) is 9.67 Å². The number of nitrogens with zero attached hydrogens (tertiary/aromatic N) is 4. The molecule has 0 spiro atoms. The summed E-state index contributed by atoms with van der Waals surface area (Å²) in [6, 6.07) is 0. The molecule has 2 heterocycles. The first-order valence-electron chi connectivity index (χ1n) is 8.06. The summed E-state index contributed by atoms with van der Waals surface area (Å²) in [5.74, 6) is 0.308. The van der Waals surface area contributed by atoms with Crippen LogP contribution in [-0.4, -0.2) is 44.8 Å². The van der Waals surface area contributed by atoms with Crippen molar-refractivity contribution < 1.29 is 9.90 Å². The number of allylic oxidation sites excluding steroid dienone is 2. The van der Waals surface area contributed by atoms with Crippen molar-refractivity contribution >= 4 is 28.7 Å². The summed E-state index contributed by atoms with van der Waals surface area (Å²) in [6.45, 7) is 3.12. The van der Waals surface area contributed by atoms with Crippen molar-refractivity contribution in [3.05, 3.63) is 22.0 Å². The molecule has 0 atom stereocenters. The van der Waals surface area contributed by atoms with Crippen molar-refractivity contribution in [3.8, 4) is 0 Å². The zero-order valence-corrected chi connectivity index (χ0v) is 13.7. The van der Waals surface area contributed by atoms with Gasteiger partial charge >= 0.3 is 0 Å². The minimum Gasteiger partial charge on any atom is -0.394 e. The lowest BCUT2D eigenvalue weighted by molar-refractivity contribution is -0.114. The monoisotopic (exact) mass is 331 g/mol. The molecular weight excluding hydrogens is 310 g/mol. The molecule has 0 saturated carbocycles. The number of Topliss-reactive ketones (excluding diaryl/α,β-unsaturated/α-hetero) is 1. The fraction of sp³-hybridized carbons (Fsp3) is 0.500. The molecule has 128 valence electrons. The van der Waals surface area contributed by atoms with Crippen LogP contribution in [0.3, 0.4) is 0 Å². The highest BCUT2D eigenvalue weighted by molar-refractivity contribution is 6.52. The Morgan fingerprint density at radius 3 is 2.62 bits per heavy atom. The zero-order chi connectivity index (χ0) is 17.3. The summed E-state index contributed by atoms with van der Waals surface area (Å²) in [6.07, 6.45) is 3.67. The molecule has 8 nitrogen and oxygen atoms in total. The standard InChI is InChI=1S/C16H21N5O3/c1-10-8-12(11(9-13(10)23)18-4-7-22)19-14-15(17)20-5-2-3-6-21(20)16(14)24/h8,22H,2-7,9,17H2,1H3. The number of rotatable bonds is 3. The van der Waals surface area contributed by atoms with Gasteiger partial charge in [0.15, 0.2) is 17.3 Å². The normalized spacial score (nSPS) is 21.2. The van der Waals surface area contributed by atoms with Crippen molar-refractivity contribution in [2.45, 2.75) is 39.3 Å². The molecule has 2 aliphatic rings. The third kappa shape index (κ3) is 2.84. The number of anilines is 1. The maximum absolute atomic E-state index is 12.6. The van der Waals surface area contributed by atoms with Gasteiger partial charge in [0.25, 0.3) is 5.56 Å². The van der Waals surface area contributed by atoms with Gasteiger partial charge in [-0.1, -0.05) is 0 Å². The van der Waals surface area contributed by atoms with E-state index in [2.05, 4.69) is 9.98 Å². The summed E-state index contributed by atoms with van der Waals surface area (Å²) < 4.78 is 3.38. The molecule has 0 fully saturated rings. The molecule has 0 radical (unpaired) electrons. The van der Waals surface area contributed by atoms with Gasteiger partial charge in [0.2, 0.25) is 0 Å². The van der Waals surface area contributed by atoms with Gasteiger partial charge < -0.3 is 10.8 Å². The summed E-state index contributed by atoms with van der Waals surface area (Å²) in [4.78, 5) is 33.1. The highest BCUT2D eigenvalue weighted by Gasteiger charge is 2.24. The second-order valence-corrected chi connectivity index (χ2v) is 5.97. The molecule has 1 aliphatic carbocycles. The molecule has 24 heavy (non-hydrogen) atoms. The summed E-state index contributed by atoms with van der Waals surface area (Å²) in [5.41, 5.74) is 7.61. The van der Waals surface area contributed by atoms with Gasteiger partial charge in [-0.3, -0.25) is 19.3 Å². The van der Waals surface area contributed by atoms with Crippen LogP contribution in [-0.2, 0) is 17.9 Å². The number of ketones is 1. The number of carbonyl (C=O) groups excluding carboxylic acids is 1. The lowest BCUT2D eigenvalue weighted by Crippen LogP contribution is -2.27. The van der Waals surface area contributed by atoms with E-state index in [9.17, 15) is 9.59 Å². The second-order valence-electron chi connectivity index (χ2n) is 5.97. The zero-order valence-electron chi connectivity index (χ0n) is 13.7. The molecule has 0 bridgehead atoms. The largest absolute Gasteiger partial charge is 0.394 e. The van der Waals surface area contributed by atoms with Gasteiger partial charge in [-0.15, -0.1) is 0 Å². The first kappa shape index (κ1) is 16.4. The summed E-state index contributed by atoms with van der Waals surface area (Å²) in [7, 11) is 0. The lowest BCUT2D eigenvalue weighted by Gasteiger charge is -2.17. The second kappa shape index (κ2) is 6.56. The van der Waals surface area contributed by atoms with E-state index in [0.29, 0.717) is 35.9 Å². The van der Waals surface area contributed by atoms with Crippen molar-refractivity contribution in [2.75, 3.05) is 18.9 Å². The first-order chi connectivity index (χ1) is 11.5. The van der Waals surface area contributed by atoms with Crippen molar-refractivity contribution in [2.24, 2.45) is 9.98 Å². The number of hydrogen-bond donors (Lipinski definition) is 2. The van der Waals surface area contributed by atoms with E-state index < -0.39 is 0 Å². The quantitative estimate of drug-likeness (QED) is 0.836. The van der Waals surface area contributed by atoms with Crippen LogP contribution in [0.5, 0.6) is 0 Å². The lowest BCUT2D eigenvalue weighted by atomic mass is 9.95. The fourth-order valence-electron chi connectivity index (χ4n) is 2.98. The Morgan fingerprint density at radius 2 is 1.96 bits per heavy atom. The van der Waals surface area contributed by atoms with Crippen LogP contribution in [0.1, 0.15) is 26.2 Å². The summed E-state index contributed by atoms with van der Waals surface area (Å²) >= 11 is 0. The van der Waals surface area contributed by atoms with Gasteiger partial charge in [0.1, 0.15) is 0 Å². The number of hydrogen-bond acceptors (Lipinski definition) is 6. The van der Waals surface area contributed by atoms with Crippen LogP contribution in [0, 0.1) is 0 Å². The average molecular weight is 331 g/mol. The number of fused-ring (bicyclic) bond motifs is 1. The van der Waals surface area contributed by atoms with Crippen molar-refractivity contribution in [1.29, 1.82) is 0 Å². The van der Waals surface area contributed by atoms with E-state index in [0.717, 1.165) is 12.8 Å². The molecule has 8 heteroatoms. The predicted octanol–water partition coefficient (Wildman–Crippen LogP) is 0.451. The van der Waals surface area contributed by atoms with Crippen LogP contribution in [0.4, 0.5) is 11.5 Å². The maximum atomic E-state index is 12.6. The van der Waals surface area contributed by atoms with E-state index in [1.165, 1.54) is 0 Å². The topological polar surface area (TPSA) is 115 Å². The minimum atomic E-state index is -0.218. The molecule has 1 aliphatic heterocycles. The van der Waals surface area contributed by atoms with Crippen molar-refractivity contribution in [1.82, 2.24) is 9.36 Å². The molecule has 1 aromatic heterocycles. The van der Waals surface area contributed by atoms with Crippen LogP contribution >= 0.6 is 0 Å². The van der Waals surface area contributed by atoms with E-state index in [1.807, 2.05) is 0 Å². The van der Waals surface area contributed by atoms with Gasteiger partial charge in [-0.05, 0) is 31.4 Å². The van der Waals surface area contributed by atoms with Gasteiger partial charge in [0.05, 0.1) is 31.0 Å². The van der Waals surface area contributed by atoms with E-state index in [1.54, 1.807) is 22.4 Å². The highest BCUT2D eigenvalue weighted by Crippen LogP contribution is 2.23. The van der Waals surface area contributed by atoms with Gasteiger partial charge in [0, 0.05) is 13.1 Å². The molecule has 1 aromatic rings. The predicted molar refractivity (Wildman–Crippen MR) is 92.2 cm³/mol. The molecular formula is C16H21N5O3. The number of aromatic nitrogens is 2.